The largest absolute Gasteiger partial charge is 0.379 e. The molecule has 1 amide bonds. The van der Waals surface area contributed by atoms with Gasteiger partial charge < -0.3 is 9.64 Å². The van der Waals surface area contributed by atoms with Crippen LogP contribution in [0.15, 0.2) is 64.6 Å². The standard InChI is InChI=1S/C27H35N5O4S2/c1-5-21(4)32-26(22-10-9-13-24(18-22)38(34,35)30-14-16-36-17-15-30)28-29-27(32)37-19-25(33)31(20(2)3)23-11-7-6-8-12-23/h6-13,18,20-21H,5,14-17,19H2,1-4H3. The number of thioether (sulfide) groups is 1. The smallest absolute Gasteiger partial charge is 0.243 e. The fourth-order valence-corrected chi connectivity index (χ4v) is 6.75. The zero-order valence-electron chi connectivity index (χ0n) is 22.3. The van der Waals surface area contributed by atoms with Gasteiger partial charge in [-0.25, -0.2) is 8.42 Å². The molecule has 0 saturated carbocycles. The minimum atomic E-state index is -3.65. The molecule has 1 fully saturated rings. The average molecular weight is 558 g/mol. The van der Waals surface area contributed by atoms with Gasteiger partial charge in [0.25, 0.3) is 0 Å². The molecule has 2 aromatic carbocycles. The maximum atomic E-state index is 13.3. The summed E-state index contributed by atoms with van der Waals surface area (Å²) in [6, 6.07) is 16.5. The summed E-state index contributed by atoms with van der Waals surface area (Å²) in [5.74, 6) is 0.764. The minimum absolute atomic E-state index is 0.00431. The number of rotatable bonds is 10. The lowest BCUT2D eigenvalue weighted by Crippen LogP contribution is -2.40. The van der Waals surface area contributed by atoms with Crippen molar-refractivity contribution in [3.8, 4) is 11.4 Å². The van der Waals surface area contributed by atoms with E-state index in [0.717, 1.165) is 12.1 Å². The number of anilines is 1. The monoisotopic (exact) mass is 557 g/mol. The Balaban J connectivity index is 1.61. The summed E-state index contributed by atoms with van der Waals surface area (Å²) < 4.78 is 35.3. The Morgan fingerprint density at radius 2 is 1.76 bits per heavy atom. The Bertz CT molecular complexity index is 1340. The van der Waals surface area contributed by atoms with E-state index in [1.165, 1.54) is 16.1 Å². The van der Waals surface area contributed by atoms with Crippen LogP contribution in [0.4, 0.5) is 5.69 Å². The van der Waals surface area contributed by atoms with Crippen molar-refractivity contribution in [1.82, 2.24) is 19.1 Å². The van der Waals surface area contributed by atoms with Crippen LogP contribution in [0.1, 0.15) is 40.2 Å². The lowest BCUT2D eigenvalue weighted by atomic mass is 10.2. The van der Waals surface area contributed by atoms with Gasteiger partial charge in [0, 0.05) is 36.4 Å². The molecule has 1 aromatic heterocycles. The second kappa shape index (κ2) is 12.4. The summed E-state index contributed by atoms with van der Waals surface area (Å²) in [5, 5.41) is 9.49. The van der Waals surface area contributed by atoms with Gasteiger partial charge in [0.1, 0.15) is 0 Å². The molecule has 11 heteroatoms. The van der Waals surface area contributed by atoms with Crippen LogP contribution in [-0.4, -0.2) is 71.5 Å². The highest BCUT2D eigenvalue weighted by atomic mass is 32.2. The van der Waals surface area contributed by atoms with Crippen molar-refractivity contribution in [3.63, 3.8) is 0 Å². The van der Waals surface area contributed by atoms with E-state index in [-0.39, 0.29) is 28.6 Å². The van der Waals surface area contributed by atoms with Crippen LogP contribution in [-0.2, 0) is 19.6 Å². The Morgan fingerprint density at radius 1 is 1.05 bits per heavy atom. The summed E-state index contributed by atoms with van der Waals surface area (Å²) in [6.45, 7) is 9.57. The number of aromatic nitrogens is 3. The number of ether oxygens (including phenoxy) is 1. The van der Waals surface area contributed by atoms with Crippen LogP contribution >= 0.6 is 11.8 Å². The minimum Gasteiger partial charge on any atom is -0.379 e. The van der Waals surface area contributed by atoms with Gasteiger partial charge in [0.05, 0.1) is 23.9 Å². The Hall–Kier alpha value is -2.73. The Kier molecular flexibility index (Phi) is 9.24. The molecule has 3 aromatic rings. The highest BCUT2D eigenvalue weighted by Gasteiger charge is 2.28. The van der Waals surface area contributed by atoms with Gasteiger partial charge in [-0.1, -0.05) is 49.0 Å². The second-order valence-corrected chi connectivity index (χ2v) is 12.3. The van der Waals surface area contributed by atoms with E-state index >= 15 is 0 Å². The number of morpholine rings is 1. The van der Waals surface area contributed by atoms with Crippen molar-refractivity contribution < 1.29 is 17.9 Å². The van der Waals surface area contributed by atoms with Crippen LogP contribution in [0.3, 0.4) is 0 Å². The van der Waals surface area contributed by atoms with Gasteiger partial charge in [-0.15, -0.1) is 10.2 Å². The molecule has 2 heterocycles. The van der Waals surface area contributed by atoms with Crippen molar-refractivity contribution >= 4 is 33.4 Å². The zero-order chi connectivity index (χ0) is 27.3. The quantitative estimate of drug-likeness (QED) is 0.339. The summed E-state index contributed by atoms with van der Waals surface area (Å²) in [4.78, 5) is 15.3. The van der Waals surface area contributed by atoms with Gasteiger partial charge in [0.2, 0.25) is 15.9 Å². The molecule has 38 heavy (non-hydrogen) atoms. The summed E-state index contributed by atoms with van der Waals surface area (Å²) in [6.07, 6.45) is 0.820. The number of sulfonamides is 1. The van der Waals surface area contributed by atoms with Gasteiger partial charge in [-0.3, -0.25) is 9.36 Å². The maximum absolute atomic E-state index is 13.3. The third-order valence-corrected chi connectivity index (χ3v) is 9.36. The van der Waals surface area contributed by atoms with Crippen LogP contribution in [0.2, 0.25) is 0 Å². The maximum Gasteiger partial charge on any atom is 0.243 e. The van der Waals surface area contributed by atoms with Crippen molar-refractivity contribution in [2.24, 2.45) is 0 Å². The Morgan fingerprint density at radius 3 is 2.42 bits per heavy atom. The number of hydrogen-bond acceptors (Lipinski definition) is 7. The fourth-order valence-electron chi connectivity index (χ4n) is 4.40. The van der Waals surface area contributed by atoms with Crippen LogP contribution in [0.5, 0.6) is 0 Å². The van der Waals surface area contributed by atoms with Crippen LogP contribution in [0, 0.1) is 0 Å². The predicted octanol–water partition coefficient (Wildman–Crippen LogP) is 4.47. The molecule has 0 aliphatic carbocycles. The Labute approximate surface area is 229 Å². The van der Waals surface area contributed by atoms with E-state index in [2.05, 4.69) is 24.0 Å². The average Bonchev–Trinajstić information content (AvgIpc) is 3.36. The number of para-hydroxylation sites is 1. The highest BCUT2D eigenvalue weighted by Crippen LogP contribution is 2.31. The van der Waals surface area contributed by atoms with Crippen molar-refractivity contribution in [1.29, 1.82) is 0 Å². The molecular weight excluding hydrogens is 522 g/mol. The highest BCUT2D eigenvalue weighted by molar-refractivity contribution is 7.99. The number of carbonyl (C=O) groups excluding carboxylic acids is 1. The molecule has 1 unspecified atom stereocenters. The number of hydrogen-bond donors (Lipinski definition) is 0. The van der Waals surface area contributed by atoms with Crippen molar-refractivity contribution in [3.05, 3.63) is 54.6 Å². The first-order chi connectivity index (χ1) is 18.2. The van der Waals surface area contributed by atoms with Gasteiger partial charge in [-0.2, -0.15) is 4.31 Å². The van der Waals surface area contributed by atoms with E-state index in [1.807, 2.05) is 54.8 Å². The molecule has 1 aliphatic heterocycles. The van der Waals surface area contributed by atoms with Gasteiger partial charge in [-0.05, 0) is 51.5 Å². The molecular formula is C27H35N5O4S2. The first-order valence-electron chi connectivity index (χ1n) is 12.9. The molecule has 204 valence electrons. The van der Waals surface area contributed by atoms with Crippen LogP contribution < -0.4 is 4.90 Å². The second-order valence-electron chi connectivity index (χ2n) is 9.46. The predicted molar refractivity (Wildman–Crippen MR) is 150 cm³/mol. The molecule has 9 nitrogen and oxygen atoms in total. The summed E-state index contributed by atoms with van der Waals surface area (Å²) in [7, 11) is -3.65. The molecule has 1 atom stereocenters. The number of amides is 1. The third kappa shape index (κ3) is 6.12. The molecule has 4 rings (SSSR count). The first kappa shape index (κ1) is 28.3. The van der Waals surface area contributed by atoms with E-state index in [9.17, 15) is 13.2 Å². The van der Waals surface area contributed by atoms with E-state index < -0.39 is 10.0 Å². The molecule has 0 spiro atoms. The molecule has 1 saturated heterocycles. The van der Waals surface area contributed by atoms with E-state index in [0.29, 0.717) is 42.8 Å². The zero-order valence-corrected chi connectivity index (χ0v) is 23.9. The molecule has 1 aliphatic rings. The summed E-state index contributed by atoms with van der Waals surface area (Å²) in [5.41, 5.74) is 1.52. The fraction of sp³-hybridized carbons (Fsp3) is 0.444. The van der Waals surface area contributed by atoms with Crippen molar-refractivity contribution in [2.75, 3.05) is 37.0 Å². The van der Waals surface area contributed by atoms with Gasteiger partial charge in [0.15, 0.2) is 11.0 Å². The lowest BCUT2D eigenvalue weighted by molar-refractivity contribution is -0.116. The van der Waals surface area contributed by atoms with E-state index in [1.54, 1.807) is 23.1 Å². The normalized spacial score (nSPS) is 15.5. The topological polar surface area (TPSA) is 97.6 Å². The number of carbonyl (C=O) groups is 1. The number of nitrogens with zero attached hydrogens (tertiary/aromatic N) is 5. The molecule has 0 radical (unpaired) electrons. The summed E-state index contributed by atoms with van der Waals surface area (Å²) >= 11 is 1.34. The lowest BCUT2D eigenvalue weighted by Gasteiger charge is -2.27. The number of benzene rings is 2. The molecule has 0 bridgehead atoms. The van der Waals surface area contributed by atoms with E-state index in [4.69, 9.17) is 4.74 Å². The van der Waals surface area contributed by atoms with Crippen molar-refractivity contribution in [2.45, 2.75) is 56.3 Å². The third-order valence-electron chi connectivity index (χ3n) is 6.54. The molecule has 0 N–H and O–H groups in total. The van der Waals surface area contributed by atoms with Crippen LogP contribution in [0.25, 0.3) is 11.4 Å². The van der Waals surface area contributed by atoms with Gasteiger partial charge >= 0.3 is 0 Å². The first-order valence-corrected chi connectivity index (χ1v) is 15.3. The SMILES string of the molecule is CCC(C)n1c(SCC(=O)N(c2ccccc2)C(C)C)nnc1-c1cccc(S(=O)(=O)N2CCOCC2)c1.